The number of aromatic nitrogens is 2. The van der Waals surface area contributed by atoms with Crippen LogP contribution in [0, 0.1) is 24.5 Å². The highest BCUT2D eigenvalue weighted by molar-refractivity contribution is 5.43. The first-order valence-electron chi connectivity index (χ1n) is 11.8. The summed E-state index contributed by atoms with van der Waals surface area (Å²) in [6.45, 7) is 7.77. The molecule has 1 fully saturated rings. The molecule has 6 nitrogen and oxygen atoms in total. The van der Waals surface area contributed by atoms with Gasteiger partial charge in [0.15, 0.2) is 11.6 Å². The summed E-state index contributed by atoms with van der Waals surface area (Å²) < 4.78 is 41.1. The minimum absolute atomic E-state index is 0.0867. The molecule has 3 aromatic rings. The second-order valence-corrected chi connectivity index (χ2v) is 8.91. The van der Waals surface area contributed by atoms with E-state index in [2.05, 4.69) is 16.6 Å². The van der Waals surface area contributed by atoms with Gasteiger partial charge in [0, 0.05) is 25.7 Å². The molecule has 0 amide bonds. The molecule has 1 aliphatic carbocycles. The van der Waals surface area contributed by atoms with Gasteiger partial charge in [-0.25, -0.2) is 13.5 Å². The number of benzene rings is 2. The van der Waals surface area contributed by atoms with Gasteiger partial charge in [0.05, 0.1) is 36.3 Å². The molecule has 1 atom stereocenters. The van der Waals surface area contributed by atoms with Crippen molar-refractivity contribution >= 4 is 0 Å². The molecular weight excluding hydrogens is 452 g/mol. The van der Waals surface area contributed by atoms with Crippen LogP contribution in [0.2, 0.25) is 0 Å². The Morgan fingerprint density at radius 1 is 1.23 bits per heavy atom. The monoisotopic (exact) mass is 483 g/mol. The quantitative estimate of drug-likeness (QED) is 0.273. The summed E-state index contributed by atoms with van der Waals surface area (Å²) in [6.07, 6.45) is 3.30. The summed E-state index contributed by atoms with van der Waals surface area (Å²) in [7, 11) is 0. The van der Waals surface area contributed by atoms with Gasteiger partial charge in [0.1, 0.15) is 5.82 Å². The molecular formula is C27H31F2N3O3. The fourth-order valence-corrected chi connectivity index (χ4v) is 3.96. The van der Waals surface area contributed by atoms with Crippen molar-refractivity contribution in [2.45, 2.75) is 32.4 Å². The van der Waals surface area contributed by atoms with E-state index in [0.717, 1.165) is 48.5 Å². The number of halogens is 2. The van der Waals surface area contributed by atoms with Crippen LogP contribution in [0.3, 0.4) is 0 Å². The van der Waals surface area contributed by atoms with Crippen LogP contribution >= 0.6 is 0 Å². The SMILES string of the molecule is C=CCOC[C@@H](O)CN(Cc1c(C)nn(-c2ccccc2)c1Oc1ccc(F)cc1F)CC1CC1. The van der Waals surface area contributed by atoms with Crippen molar-refractivity contribution in [2.75, 3.05) is 26.3 Å². The van der Waals surface area contributed by atoms with Gasteiger partial charge in [-0.1, -0.05) is 24.3 Å². The third-order valence-electron chi connectivity index (χ3n) is 5.85. The van der Waals surface area contributed by atoms with Crippen LogP contribution in [-0.4, -0.2) is 52.2 Å². The van der Waals surface area contributed by atoms with Gasteiger partial charge >= 0.3 is 0 Å². The number of nitrogens with zero attached hydrogens (tertiary/aromatic N) is 3. The zero-order valence-corrected chi connectivity index (χ0v) is 19.9. The minimum atomic E-state index is -0.793. The molecule has 35 heavy (non-hydrogen) atoms. The molecule has 8 heteroatoms. The van der Waals surface area contributed by atoms with E-state index in [0.29, 0.717) is 31.5 Å². The first kappa shape index (κ1) is 25.0. The number of rotatable bonds is 13. The number of ether oxygens (including phenoxy) is 2. The Balaban J connectivity index is 1.65. The zero-order chi connectivity index (χ0) is 24.8. The van der Waals surface area contributed by atoms with E-state index in [4.69, 9.17) is 9.47 Å². The molecule has 4 rings (SSSR count). The number of hydrogen-bond donors (Lipinski definition) is 1. The maximum Gasteiger partial charge on any atom is 0.227 e. The predicted octanol–water partition coefficient (Wildman–Crippen LogP) is 5.03. The summed E-state index contributed by atoms with van der Waals surface area (Å²) in [5.41, 5.74) is 2.26. The number of aryl methyl sites for hydroxylation is 1. The van der Waals surface area contributed by atoms with Gasteiger partial charge in [-0.05, 0) is 49.9 Å². The van der Waals surface area contributed by atoms with Gasteiger partial charge in [-0.3, -0.25) is 4.90 Å². The third-order valence-corrected chi connectivity index (χ3v) is 5.85. The van der Waals surface area contributed by atoms with Crippen LogP contribution < -0.4 is 4.74 Å². The average molecular weight is 484 g/mol. The number of para-hydroxylation sites is 1. The molecule has 0 radical (unpaired) electrons. The van der Waals surface area contributed by atoms with Crippen molar-refractivity contribution in [3.63, 3.8) is 0 Å². The van der Waals surface area contributed by atoms with Gasteiger partial charge in [-0.15, -0.1) is 6.58 Å². The highest BCUT2D eigenvalue weighted by atomic mass is 19.1. The molecule has 1 aromatic heterocycles. The largest absolute Gasteiger partial charge is 0.435 e. The summed E-state index contributed by atoms with van der Waals surface area (Å²) in [4.78, 5) is 2.16. The lowest BCUT2D eigenvalue weighted by Gasteiger charge is -2.25. The molecule has 2 aromatic carbocycles. The number of hydrogen-bond acceptors (Lipinski definition) is 5. The topological polar surface area (TPSA) is 59.8 Å². The first-order valence-corrected chi connectivity index (χ1v) is 11.8. The minimum Gasteiger partial charge on any atom is -0.435 e. The van der Waals surface area contributed by atoms with Crippen molar-refractivity contribution in [3.05, 3.63) is 84.1 Å². The summed E-state index contributed by atoms with van der Waals surface area (Å²) >= 11 is 0. The average Bonchev–Trinajstić information content (AvgIpc) is 3.60. The molecule has 0 bridgehead atoms. The maximum atomic E-state index is 14.5. The van der Waals surface area contributed by atoms with Crippen LogP contribution in [0.4, 0.5) is 8.78 Å². The van der Waals surface area contributed by atoms with Gasteiger partial charge in [0.2, 0.25) is 5.88 Å². The van der Waals surface area contributed by atoms with Gasteiger partial charge in [-0.2, -0.15) is 5.10 Å². The van der Waals surface area contributed by atoms with E-state index in [9.17, 15) is 13.9 Å². The molecule has 1 aliphatic rings. The summed E-state index contributed by atoms with van der Waals surface area (Å²) in [5, 5.41) is 15.2. The van der Waals surface area contributed by atoms with E-state index in [1.54, 1.807) is 10.8 Å². The van der Waals surface area contributed by atoms with E-state index >= 15 is 0 Å². The molecule has 0 aliphatic heterocycles. The Morgan fingerprint density at radius 2 is 2.00 bits per heavy atom. The molecule has 0 spiro atoms. The molecule has 0 saturated heterocycles. The standard InChI is InChI=1S/C27H31F2N3O3/c1-3-13-34-18-23(33)16-31(15-20-9-10-20)17-24-19(2)30-32(22-7-5-4-6-8-22)27(24)35-26-12-11-21(28)14-25(26)29/h3-8,11-12,14,20,23,33H,1,9-10,13,15-18H2,2H3/t23-/m0/s1. The molecule has 0 unspecified atom stereocenters. The van der Waals surface area contributed by atoms with Crippen molar-refractivity contribution in [1.82, 2.24) is 14.7 Å². The fourth-order valence-electron chi connectivity index (χ4n) is 3.96. The van der Waals surface area contributed by atoms with E-state index in [-0.39, 0.29) is 12.4 Å². The Labute approximate surface area is 204 Å². The Kier molecular flexibility index (Phi) is 8.28. The van der Waals surface area contributed by atoms with Gasteiger partial charge < -0.3 is 14.6 Å². The third kappa shape index (κ3) is 6.75. The van der Waals surface area contributed by atoms with E-state index < -0.39 is 17.7 Å². The van der Waals surface area contributed by atoms with Crippen molar-refractivity contribution < 1.29 is 23.4 Å². The Bertz CT molecular complexity index is 1130. The maximum absolute atomic E-state index is 14.5. The number of aliphatic hydroxyl groups is 1. The smallest absolute Gasteiger partial charge is 0.227 e. The molecule has 1 saturated carbocycles. The second-order valence-electron chi connectivity index (χ2n) is 8.91. The lowest BCUT2D eigenvalue weighted by molar-refractivity contribution is 0.0235. The Hall–Kier alpha value is -3.07. The highest BCUT2D eigenvalue weighted by Gasteiger charge is 2.28. The molecule has 186 valence electrons. The zero-order valence-electron chi connectivity index (χ0n) is 19.9. The lowest BCUT2D eigenvalue weighted by atomic mass is 10.2. The van der Waals surface area contributed by atoms with Crippen molar-refractivity contribution in [2.24, 2.45) is 5.92 Å². The van der Waals surface area contributed by atoms with E-state index in [1.807, 2.05) is 37.3 Å². The summed E-state index contributed by atoms with van der Waals surface area (Å²) in [6, 6.07) is 12.7. The van der Waals surface area contributed by atoms with E-state index in [1.165, 1.54) is 6.07 Å². The predicted molar refractivity (Wildman–Crippen MR) is 130 cm³/mol. The molecule has 1 heterocycles. The fraction of sp³-hybridized carbons (Fsp3) is 0.370. The lowest BCUT2D eigenvalue weighted by Crippen LogP contribution is -2.36. The number of aliphatic hydroxyl groups excluding tert-OH is 1. The summed E-state index contributed by atoms with van der Waals surface area (Å²) in [5.74, 6) is -0.612. The van der Waals surface area contributed by atoms with Crippen LogP contribution in [0.5, 0.6) is 11.6 Å². The Morgan fingerprint density at radius 3 is 2.69 bits per heavy atom. The first-order chi connectivity index (χ1) is 16.9. The van der Waals surface area contributed by atoms with Crippen LogP contribution in [0.15, 0.2) is 61.2 Å². The van der Waals surface area contributed by atoms with Crippen LogP contribution in [0.1, 0.15) is 24.1 Å². The van der Waals surface area contributed by atoms with Crippen LogP contribution in [0.25, 0.3) is 5.69 Å². The molecule has 1 N–H and O–H groups in total. The van der Waals surface area contributed by atoms with Gasteiger partial charge in [0.25, 0.3) is 0 Å². The second kappa shape index (κ2) is 11.6. The highest BCUT2D eigenvalue weighted by Crippen LogP contribution is 2.35. The van der Waals surface area contributed by atoms with Crippen molar-refractivity contribution in [1.29, 1.82) is 0 Å². The van der Waals surface area contributed by atoms with Crippen molar-refractivity contribution in [3.8, 4) is 17.3 Å². The normalized spacial score (nSPS) is 14.3. The van der Waals surface area contributed by atoms with Crippen LogP contribution in [-0.2, 0) is 11.3 Å².